The van der Waals surface area contributed by atoms with Gasteiger partial charge in [-0.3, -0.25) is 4.90 Å². The largest absolute Gasteiger partial charge is 0.385 e. The van der Waals surface area contributed by atoms with Crippen molar-refractivity contribution in [3.63, 3.8) is 0 Å². The van der Waals surface area contributed by atoms with Crippen LogP contribution in [0.2, 0.25) is 0 Å². The number of piperidine rings is 2. The summed E-state index contributed by atoms with van der Waals surface area (Å²) < 4.78 is 0. The topological polar surface area (TPSA) is 21.8 Å². The summed E-state index contributed by atoms with van der Waals surface area (Å²) in [6.45, 7) is 12.8. The van der Waals surface area contributed by atoms with E-state index in [9.17, 15) is 0 Å². The Bertz CT molecular complexity index is 717. The minimum absolute atomic E-state index is 0.294. The first-order valence-electron chi connectivity index (χ1n) is 11.4. The van der Waals surface area contributed by atoms with Gasteiger partial charge in [0.15, 0.2) is 0 Å². The van der Waals surface area contributed by atoms with E-state index < -0.39 is 0 Å². The lowest BCUT2D eigenvalue weighted by molar-refractivity contribution is 0.0514. The molecule has 2 saturated heterocycles. The van der Waals surface area contributed by atoms with Gasteiger partial charge in [-0.15, -0.1) is 0 Å². The number of thioether (sulfide) groups is 1. The van der Waals surface area contributed by atoms with Crippen LogP contribution in [-0.4, -0.2) is 66.0 Å². The van der Waals surface area contributed by atoms with Crippen LogP contribution in [0.5, 0.6) is 0 Å². The second-order valence-corrected chi connectivity index (χ2v) is 10.2. The van der Waals surface area contributed by atoms with Gasteiger partial charge in [-0.2, -0.15) is 0 Å². The second kappa shape index (κ2) is 8.91. The first kappa shape index (κ1) is 21.1. The van der Waals surface area contributed by atoms with Gasteiger partial charge in [0.1, 0.15) is 5.50 Å². The van der Waals surface area contributed by atoms with E-state index in [0.717, 1.165) is 12.6 Å². The molecular weight excluding hydrogens is 376 g/mol. The summed E-state index contributed by atoms with van der Waals surface area (Å²) in [4.78, 5) is 7.90. The smallest absolute Gasteiger partial charge is 0.134 e. The van der Waals surface area contributed by atoms with Crippen molar-refractivity contribution >= 4 is 17.4 Å². The zero-order valence-corrected chi connectivity index (χ0v) is 19.5. The monoisotopic (exact) mass is 414 g/mol. The van der Waals surface area contributed by atoms with Gasteiger partial charge in [-0.1, -0.05) is 36.9 Å². The zero-order chi connectivity index (χ0) is 20.4. The highest BCUT2D eigenvalue weighted by Gasteiger charge is 2.37. The third kappa shape index (κ3) is 4.33. The average molecular weight is 415 g/mol. The minimum Gasteiger partial charge on any atom is -0.385 e. The van der Waals surface area contributed by atoms with Gasteiger partial charge < -0.3 is 15.1 Å². The second-order valence-electron chi connectivity index (χ2n) is 9.27. The fraction of sp³-hybridized carbons (Fsp3) is 0.667. The Morgan fingerprint density at radius 2 is 1.76 bits per heavy atom. The molecule has 0 aliphatic carbocycles. The van der Waals surface area contributed by atoms with E-state index in [0.29, 0.717) is 10.9 Å². The molecule has 0 aromatic heterocycles. The molecule has 0 bridgehead atoms. The van der Waals surface area contributed by atoms with Gasteiger partial charge in [-0.25, -0.2) is 0 Å². The van der Waals surface area contributed by atoms with Crippen molar-refractivity contribution in [2.45, 2.75) is 63.4 Å². The van der Waals surface area contributed by atoms with Crippen LogP contribution in [-0.2, 0) is 5.41 Å². The molecule has 1 N–H and O–H groups in total. The van der Waals surface area contributed by atoms with Gasteiger partial charge in [0.2, 0.25) is 0 Å². The van der Waals surface area contributed by atoms with Crippen LogP contribution in [0.1, 0.15) is 52.0 Å². The van der Waals surface area contributed by atoms with E-state index in [1.54, 1.807) is 0 Å². The Balaban J connectivity index is 1.32. The molecule has 1 atom stereocenters. The van der Waals surface area contributed by atoms with Gasteiger partial charge in [0.05, 0.1) is 0 Å². The molecule has 3 aliphatic heterocycles. The molecule has 5 heteroatoms. The molecular formula is C24H38N4S. The molecule has 29 heavy (non-hydrogen) atoms. The lowest BCUT2D eigenvalue weighted by Gasteiger charge is -2.47. The van der Waals surface area contributed by atoms with Crippen molar-refractivity contribution in [1.29, 1.82) is 0 Å². The average Bonchev–Trinajstić information content (AvgIpc) is 3.08. The molecule has 160 valence electrons. The van der Waals surface area contributed by atoms with E-state index in [1.165, 1.54) is 68.8 Å². The first-order valence-corrected chi connectivity index (χ1v) is 12.3. The number of anilines is 1. The Labute approximate surface area is 181 Å². The van der Waals surface area contributed by atoms with E-state index in [4.69, 9.17) is 0 Å². The Kier molecular flexibility index (Phi) is 6.47. The quantitative estimate of drug-likeness (QED) is 0.748. The number of nitrogens with one attached hydrogen (secondary N) is 1. The number of allylic oxidation sites excluding steroid dienone is 1. The lowest BCUT2D eigenvalue weighted by Crippen LogP contribution is -2.52. The first-order chi connectivity index (χ1) is 14.0. The maximum absolute atomic E-state index is 3.58. The number of hydrogen-bond donors (Lipinski definition) is 1. The fourth-order valence-electron chi connectivity index (χ4n) is 5.32. The van der Waals surface area contributed by atoms with Crippen LogP contribution in [0, 0.1) is 0 Å². The number of benzene rings is 1. The SMILES string of the molecule is CCNc1ccccc1C1(C)CCN(C2CCN(C3SC=C(C)N3C)CC2)CC1. The summed E-state index contributed by atoms with van der Waals surface area (Å²) in [6, 6.07) is 9.73. The van der Waals surface area contributed by atoms with Gasteiger partial charge in [0, 0.05) is 44.1 Å². The van der Waals surface area contributed by atoms with Crippen LogP contribution in [0.25, 0.3) is 0 Å². The number of rotatable bonds is 5. The maximum Gasteiger partial charge on any atom is 0.134 e. The maximum atomic E-state index is 3.58. The summed E-state index contributed by atoms with van der Waals surface area (Å²) >= 11 is 1.97. The Hall–Kier alpha value is -1.17. The molecule has 0 saturated carbocycles. The lowest BCUT2D eigenvalue weighted by atomic mass is 9.73. The van der Waals surface area contributed by atoms with Crippen molar-refractivity contribution < 1.29 is 0 Å². The fourth-order valence-corrected chi connectivity index (χ4v) is 6.53. The van der Waals surface area contributed by atoms with Crippen molar-refractivity contribution in [2.24, 2.45) is 0 Å². The van der Waals surface area contributed by atoms with Crippen molar-refractivity contribution in [3.8, 4) is 0 Å². The number of nitrogens with zero attached hydrogens (tertiary/aromatic N) is 3. The summed E-state index contributed by atoms with van der Waals surface area (Å²) in [5, 5.41) is 5.90. The molecule has 1 aromatic carbocycles. The molecule has 4 nitrogen and oxygen atoms in total. The van der Waals surface area contributed by atoms with Gasteiger partial charge >= 0.3 is 0 Å². The van der Waals surface area contributed by atoms with Crippen LogP contribution < -0.4 is 5.32 Å². The van der Waals surface area contributed by atoms with E-state index in [2.05, 4.69) is 77.5 Å². The third-order valence-corrected chi connectivity index (χ3v) is 8.76. The number of likely N-dealkylation sites (tertiary alicyclic amines) is 2. The van der Waals surface area contributed by atoms with E-state index in [-0.39, 0.29) is 0 Å². The molecule has 0 spiro atoms. The normalized spacial score (nSPS) is 26.6. The predicted octanol–water partition coefficient (Wildman–Crippen LogP) is 4.76. The summed E-state index contributed by atoms with van der Waals surface area (Å²) in [5.41, 5.74) is 5.06. The molecule has 0 radical (unpaired) electrons. The molecule has 0 amide bonds. The van der Waals surface area contributed by atoms with Gasteiger partial charge in [-0.05, 0) is 75.1 Å². The molecule has 1 unspecified atom stereocenters. The highest BCUT2D eigenvalue weighted by Crippen LogP contribution is 2.40. The zero-order valence-electron chi connectivity index (χ0n) is 18.7. The van der Waals surface area contributed by atoms with Crippen LogP contribution in [0.15, 0.2) is 35.4 Å². The van der Waals surface area contributed by atoms with Crippen molar-refractivity contribution in [3.05, 3.63) is 40.9 Å². The predicted molar refractivity (Wildman–Crippen MR) is 126 cm³/mol. The summed E-state index contributed by atoms with van der Waals surface area (Å²) in [7, 11) is 2.24. The number of para-hydroxylation sites is 1. The summed E-state index contributed by atoms with van der Waals surface area (Å²) in [5.74, 6) is 0. The molecule has 3 heterocycles. The summed E-state index contributed by atoms with van der Waals surface area (Å²) in [6.07, 6.45) is 5.16. The van der Waals surface area contributed by atoms with Crippen LogP contribution >= 0.6 is 11.8 Å². The Morgan fingerprint density at radius 3 is 2.38 bits per heavy atom. The molecule has 4 rings (SSSR count). The van der Waals surface area contributed by atoms with Crippen molar-refractivity contribution in [1.82, 2.24) is 14.7 Å². The highest BCUT2D eigenvalue weighted by atomic mass is 32.2. The van der Waals surface area contributed by atoms with Gasteiger partial charge in [0.25, 0.3) is 0 Å². The third-order valence-electron chi connectivity index (χ3n) is 7.42. The molecule has 1 aromatic rings. The minimum atomic E-state index is 0.294. The Morgan fingerprint density at radius 1 is 1.07 bits per heavy atom. The number of hydrogen-bond acceptors (Lipinski definition) is 5. The van der Waals surface area contributed by atoms with Crippen LogP contribution in [0.4, 0.5) is 5.69 Å². The van der Waals surface area contributed by atoms with E-state index >= 15 is 0 Å². The van der Waals surface area contributed by atoms with Crippen molar-refractivity contribution in [2.75, 3.05) is 45.1 Å². The van der Waals surface area contributed by atoms with Crippen LogP contribution in [0.3, 0.4) is 0 Å². The van der Waals surface area contributed by atoms with E-state index in [1.807, 2.05) is 11.8 Å². The molecule has 2 fully saturated rings. The standard InChI is InChI=1S/C24H38N4S/c1-5-25-22-9-7-6-8-21(22)24(3)12-16-27(17-13-24)20-10-14-28(15-11-20)23-26(4)19(2)18-29-23/h6-9,18,20,23,25H,5,10-17H2,1-4H3. The highest BCUT2D eigenvalue weighted by molar-refractivity contribution is 8.02. The molecule has 3 aliphatic rings.